The van der Waals surface area contributed by atoms with Gasteiger partial charge in [0.2, 0.25) is 0 Å². The van der Waals surface area contributed by atoms with Crippen LogP contribution in [-0.4, -0.2) is 18.0 Å². The maximum Gasteiger partial charge on any atom is 0.329 e. The Kier molecular flexibility index (Phi) is 4.03. The summed E-state index contributed by atoms with van der Waals surface area (Å²) < 4.78 is 0.00821. The van der Waals surface area contributed by atoms with Crippen molar-refractivity contribution in [3.8, 4) is 0 Å². The summed E-state index contributed by atoms with van der Waals surface area (Å²) in [5, 5.41) is 16.2. The van der Waals surface area contributed by atoms with E-state index in [0.29, 0.717) is 13.1 Å². The van der Waals surface area contributed by atoms with Crippen LogP contribution in [0.1, 0.15) is 0 Å². The Morgan fingerprint density at radius 2 is 1.93 bits per heavy atom. The summed E-state index contributed by atoms with van der Waals surface area (Å²) in [6.07, 6.45) is 0. The van der Waals surface area contributed by atoms with Gasteiger partial charge in [-0.3, -0.25) is 10.1 Å². The first-order chi connectivity index (χ1) is 6.54. The van der Waals surface area contributed by atoms with E-state index < -0.39 is 4.92 Å². The van der Waals surface area contributed by atoms with Crippen LogP contribution in [0.4, 0.5) is 0 Å². The Morgan fingerprint density at radius 1 is 1.43 bits per heavy atom. The zero-order valence-electron chi connectivity index (χ0n) is 6.81. The predicted octanol–water partition coefficient (Wildman–Crippen LogP) is 1.67. The Hall–Kier alpha value is -0.460. The lowest BCUT2D eigenvalue weighted by Crippen LogP contribution is -2.18. The van der Waals surface area contributed by atoms with Gasteiger partial charge < -0.3 is 10.6 Å². The fourth-order valence-electron chi connectivity index (χ4n) is 0.976. The highest BCUT2D eigenvalue weighted by Gasteiger charge is 2.26. The Morgan fingerprint density at radius 3 is 2.29 bits per heavy atom. The van der Waals surface area contributed by atoms with Gasteiger partial charge >= 0.3 is 5.70 Å². The normalized spacial score (nSPS) is 16.9. The van der Waals surface area contributed by atoms with Gasteiger partial charge in [-0.2, -0.15) is 0 Å². The van der Waals surface area contributed by atoms with Crippen LogP contribution in [0, 0.1) is 10.1 Å². The largest absolute Gasteiger partial charge is 0.364 e. The zero-order chi connectivity index (χ0) is 10.7. The van der Waals surface area contributed by atoms with Crippen molar-refractivity contribution in [3.05, 3.63) is 30.6 Å². The average molecular weight is 303 g/mol. The number of rotatable bonds is 2. The van der Waals surface area contributed by atoms with Crippen molar-refractivity contribution in [3.63, 3.8) is 0 Å². The Labute approximate surface area is 98.4 Å². The molecule has 0 amide bonds. The van der Waals surface area contributed by atoms with Crippen LogP contribution >= 0.6 is 39.1 Å². The number of hydrogen-bond acceptors (Lipinski definition) is 4. The number of nitro groups is 1. The first kappa shape index (κ1) is 11.6. The van der Waals surface area contributed by atoms with Crippen molar-refractivity contribution < 1.29 is 4.92 Å². The molecule has 1 rings (SSSR count). The first-order valence-corrected chi connectivity index (χ1v) is 5.16. The zero-order valence-corrected chi connectivity index (χ0v) is 9.91. The van der Waals surface area contributed by atoms with Crippen molar-refractivity contribution in [2.75, 3.05) is 13.1 Å². The lowest BCUT2D eigenvalue weighted by atomic mass is 10.4. The number of halogens is 3. The van der Waals surface area contributed by atoms with Crippen molar-refractivity contribution in [1.82, 2.24) is 10.6 Å². The predicted molar refractivity (Wildman–Crippen MR) is 57.7 cm³/mol. The van der Waals surface area contributed by atoms with E-state index in [4.69, 9.17) is 23.2 Å². The smallest absolute Gasteiger partial charge is 0.329 e. The van der Waals surface area contributed by atoms with Crippen LogP contribution in [-0.2, 0) is 0 Å². The number of hydrogen-bond donors (Lipinski definition) is 2. The molecule has 0 saturated carbocycles. The molecule has 1 heterocycles. The minimum atomic E-state index is -0.591. The van der Waals surface area contributed by atoms with Crippen molar-refractivity contribution in [2.45, 2.75) is 0 Å². The number of allylic oxidation sites excluding steroid dienone is 1. The monoisotopic (exact) mass is 301 g/mol. The molecule has 5 nitrogen and oxygen atoms in total. The van der Waals surface area contributed by atoms with E-state index in [1.165, 1.54) is 0 Å². The molecule has 0 aromatic carbocycles. The summed E-state index contributed by atoms with van der Waals surface area (Å²) in [6, 6.07) is 0. The third-order valence-corrected chi connectivity index (χ3v) is 2.80. The molecule has 2 N–H and O–H groups in total. The molecule has 0 aromatic heterocycles. The van der Waals surface area contributed by atoms with Gasteiger partial charge in [-0.1, -0.05) is 23.2 Å². The summed E-state index contributed by atoms with van der Waals surface area (Å²) in [5.74, 6) is 0.289. The molecule has 0 spiro atoms. The summed E-state index contributed by atoms with van der Waals surface area (Å²) in [6.45, 7) is 1.24. The second kappa shape index (κ2) is 4.86. The van der Waals surface area contributed by atoms with E-state index in [1.807, 2.05) is 0 Å². The quantitative estimate of drug-likeness (QED) is 0.601. The van der Waals surface area contributed by atoms with Gasteiger partial charge in [-0.25, -0.2) is 0 Å². The summed E-state index contributed by atoms with van der Waals surface area (Å²) in [4.78, 5) is 10.1. The van der Waals surface area contributed by atoms with Crippen molar-refractivity contribution in [1.29, 1.82) is 0 Å². The molecule has 1 aliphatic rings. The van der Waals surface area contributed by atoms with Crippen LogP contribution in [0.3, 0.4) is 0 Å². The molecule has 1 saturated heterocycles. The average Bonchev–Trinajstić information content (AvgIpc) is 2.56. The molecule has 1 aliphatic heterocycles. The van der Waals surface area contributed by atoms with Gasteiger partial charge in [-0.05, 0) is 15.9 Å². The highest BCUT2D eigenvalue weighted by molar-refractivity contribution is 9.12. The molecular formula is C6H6BrCl2N3O2. The highest BCUT2D eigenvalue weighted by atomic mass is 79.9. The molecule has 0 radical (unpaired) electrons. The van der Waals surface area contributed by atoms with Crippen molar-refractivity contribution in [2.24, 2.45) is 0 Å². The minimum Gasteiger partial charge on any atom is -0.364 e. The van der Waals surface area contributed by atoms with Crippen LogP contribution in [0.25, 0.3) is 0 Å². The van der Waals surface area contributed by atoms with Crippen LogP contribution in [0.5, 0.6) is 0 Å². The van der Waals surface area contributed by atoms with Crippen molar-refractivity contribution >= 4 is 39.1 Å². The molecule has 0 unspecified atom stereocenters. The van der Waals surface area contributed by atoms with Crippen LogP contribution in [0.2, 0.25) is 0 Å². The van der Waals surface area contributed by atoms with Gasteiger partial charge in [0.25, 0.3) is 0 Å². The standard InChI is InChI=1S/C6H6BrCl2N3O2/c7-5(9)3(8)4(12(13)14)6-10-1-2-11-6/h10-11H,1-2H2. The highest BCUT2D eigenvalue weighted by Crippen LogP contribution is 2.28. The number of nitrogens with one attached hydrogen (secondary N) is 2. The third kappa shape index (κ3) is 2.52. The Bertz CT molecular complexity index is 317. The van der Waals surface area contributed by atoms with Gasteiger partial charge in [0.1, 0.15) is 8.97 Å². The van der Waals surface area contributed by atoms with Gasteiger partial charge in [0.15, 0.2) is 5.82 Å². The molecule has 8 heteroatoms. The van der Waals surface area contributed by atoms with E-state index in [1.54, 1.807) is 0 Å². The van der Waals surface area contributed by atoms with Gasteiger partial charge in [-0.15, -0.1) is 0 Å². The van der Waals surface area contributed by atoms with Crippen LogP contribution in [0.15, 0.2) is 20.5 Å². The molecule has 1 fully saturated rings. The van der Waals surface area contributed by atoms with Gasteiger partial charge in [0.05, 0.1) is 4.92 Å². The fourth-order valence-corrected chi connectivity index (χ4v) is 1.42. The second-order valence-corrected chi connectivity index (χ2v) is 4.41. The lowest BCUT2D eigenvalue weighted by molar-refractivity contribution is -0.421. The number of nitrogens with zero attached hydrogens (tertiary/aromatic N) is 1. The molecule has 0 atom stereocenters. The van der Waals surface area contributed by atoms with Crippen LogP contribution < -0.4 is 10.6 Å². The third-order valence-electron chi connectivity index (χ3n) is 1.52. The Balaban J connectivity index is 3.13. The second-order valence-electron chi connectivity index (χ2n) is 2.41. The summed E-state index contributed by atoms with van der Waals surface area (Å²) in [7, 11) is 0. The van der Waals surface area contributed by atoms with E-state index in [9.17, 15) is 10.1 Å². The van der Waals surface area contributed by atoms with E-state index in [0.717, 1.165) is 0 Å². The van der Waals surface area contributed by atoms with E-state index in [-0.39, 0.29) is 20.5 Å². The van der Waals surface area contributed by atoms with E-state index in [2.05, 4.69) is 26.6 Å². The first-order valence-electron chi connectivity index (χ1n) is 3.61. The summed E-state index contributed by atoms with van der Waals surface area (Å²) >= 11 is 14.1. The van der Waals surface area contributed by atoms with Gasteiger partial charge in [0, 0.05) is 13.1 Å². The molecule has 78 valence electrons. The summed E-state index contributed by atoms with van der Waals surface area (Å²) in [5.41, 5.74) is -0.258. The SMILES string of the molecule is O=[N+]([O-])C(=C1NCCN1)C(Cl)=C(Cl)Br. The molecular weight excluding hydrogens is 297 g/mol. The molecule has 0 bridgehead atoms. The molecule has 0 aliphatic carbocycles. The molecule has 14 heavy (non-hydrogen) atoms. The maximum absolute atomic E-state index is 10.7. The lowest BCUT2D eigenvalue weighted by Gasteiger charge is -2.02. The molecule has 0 aromatic rings. The maximum atomic E-state index is 10.7. The van der Waals surface area contributed by atoms with E-state index >= 15 is 0 Å². The fraction of sp³-hybridized carbons (Fsp3) is 0.333. The minimum absolute atomic E-state index is 0.00821. The topological polar surface area (TPSA) is 67.2 Å².